The summed E-state index contributed by atoms with van der Waals surface area (Å²) >= 11 is 0. The third-order valence-corrected chi connectivity index (χ3v) is 7.24. The van der Waals surface area contributed by atoms with Gasteiger partial charge in [-0.1, -0.05) is 24.3 Å². The van der Waals surface area contributed by atoms with E-state index in [0.717, 1.165) is 51.9 Å². The van der Waals surface area contributed by atoms with Crippen molar-refractivity contribution in [1.29, 1.82) is 0 Å². The Labute approximate surface area is 204 Å². The summed E-state index contributed by atoms with van der Waals surface area (Å²) in [6.07, 6.45) is 5.51. The summed E-state index contributed by atoms with van der Waals surface area (Å²) in [5.41, 5.74) is 0.564. The van der Waals surface area contributed by atoms with Crippen molar-refractivity contribution in [2.75, 3.05) is 26.2 Å². The lowest BCUT2D eigenvalue weighted by Gasteiger charge is -2.41. The van der Waals surface area contributed by atoms with Gasteiger partial charge in [-0.2, -0.15) is 0 Å². The molecule has 5 rings (SSSR count). The Hall–Kier alpha value is -3.26. The summed E-state index contributed by atoms with van der Waals surface area (Å²) in [6, 6.07) is 14.3. The highest BCUT2D eigenvalue weighted by Gasteiger charge is 2.30. The Morgan fingerprint density at radius 2 is 1.69 bits per heavy atom. The van der Waals surface area contributed by atoms with Crippen molar-refractivity contribution in [3.05, 3.63) is 71.0 Å². The molecule has 0 spiro atoms. The van der Waals surface area contributed by atoms with E-state index in [0.29, 0.717) is 35.7 Å². The molecular formula is C27H31FN4O3. The van der Waals surface area contributed by atoms with E-state index in [1.807, 2.05) is 23.1 Å². The third kappa shape index (κ3) is 5.37. The largest absolute Gasteiger partial charge is 0.487 e. The first-order valence-corrected chi connectivity index (χ1v) is 12.5. The second kappa shape index (κ2) is 10.6. The lowest BCUT2D eigenvalue weighted by molar-refractivity contribution is -0.133. The van der Waals surface area contributed by atoms with Crippen LogP contribution < -0.4 is 10.3 Å². The van der Waals surface area contributed by atoms with Gasteiger partial charge in [0.15, 0.2) is 11.6 Å². The zero-order chi connectivity index (χ0) is 24.2. The Morgan fingerprint density at radius 1 is 0.971 bits per heavy atom. The van der Waals surface area contributed by atoms with E-state index < -0.39 is 0 Å². The van der Waals surface area contributed by atoms with Crippen molar-refractivity contribution in [2.24, 2.45) is 0 Å². The molecule has 184 valence electrons. The smallest absolute Gasteiger partial charge is 0.261 e. The minimum atomic E-state index is -0.311. The monoisotopic (exact) mass is 478 g/mol. The molecule has 2 aliphatic heterocycles. The molecule has 2 fully saturated rings. The van der Waals surface area contributed by atoms with Crippen LogP contribution in [0.3, 0.4) is 0 Å². The number of aromatic nitrogens is 2. The van der Waals surface area contributed by atoms with Gasteiger partial charge in [0.25, 0.3) is 5.56 Å². The summed E-state index contributed by atoms with van der Waals surface area (Å²) in [7, 11) is 0. The molecule has 2 aromatic carbocycles. The number of hydrogen-bond donors (Lipinski definition) is 0. The van der Waals surface area contributed by atoms with Crippen molar-refractivity contribution >= 4 is 16.8 Å². The van der Waals surface area contributed by atoms with Gasteiger partial charge in [0.2, 0.25) is 5.91 Å². The summed E-state index contributed by atoms with van der Waals surface area (Å²) in [4.78, 5) is 34.2. The van der Waals surface area contributed by atoms with E-state index in [9.17, 15) is 14.0 Å². The number of likely N-dealkylation sites (tertiary alicyclic amines) is 2. The average Bonchev–Trinajstić information content (AvgIpc) is 2.90. The molecule has 8 heteroatoms. The maximum atomic E-state index is 13.9. The van der Waals surface area contributed by atoms with Gasteiger partial charge < -0.3 is 9.64 Å². The topological polar surface area (TPSA) is 67.7 Å². The summed E-state index contributed by atoms with van der Waals surface area (Å²) < 4.78 is 21.3. The predicted molar refractivity (Wildman–Crippen MR) is 132 cm³/mol. The molecule has 1 amide bonds. The van der Waals surface area contributed by atoms with Crippen LogP contribution in [-0.2, 0) is 11.3 Å². The zero-order valence-electron chi connectivity index (χ0n) is 19.8. The number of piperidine rings is 2. The number of halogens is 1. The minimum Gasteiger partial charge on any atom is -0.487 e. The maximum Gasteiger partial charge on any atom is 0.261 e. The van der Waals surface area contributed by atoms with Crippen LogP contribution in [0.2, 0.25) is 0 Å². The standard InChI is InChI=1S/C27H31FN4O3/c28-23-6-2-4-8-25(23)35-21-11-16-30(17-12-21)20-9-14-31(15-10-20)26(33)13-18-32-19-29-24-7-3-1-5-22(24)27(32)34/h1-8,19-21H,9-18H2. The van der Waals surface area contributed by atoms with Crippen LogP contribution >= 0.6 is 0 Å². The van der Waals surface area contributed by atoms with Gasteiger partial charge >= 0.3 is 0 Å². The Bertz CT molecular complexity index is 1230. The number of nitrogens with zero attached hydrogens (tertiary/aromatic N) is 4. The minimum absolute atomic E-state index is 0.0396. The van der Waals surface area contributed by atoms with Crippen molar-refractivity contribution in [3.8, 4) is 5.75 Å². The van der Waals surface area contributed by atoms with Crippen LogP contribution in [0, 0.1) is 5.82 Å². The van der Waals surface area contributed by atoms with Crippen molar-refractivity contribution in [3.63, 3.8) is 0 Å². The summed E-state index contributed by atoms with van der Waals surface area (Å²) in [5.74, 6) is 0.105. The molecule has 0 radical (unpaired) electrons. The molecule has 0 saturated carbocycles. The number of benzene rings is 2. The van der Waals surface area contributed by atoms with Gasteiger partial charge in [-0.3, -0.25) is 19.1 Å². The normalized spacial score (nSPS) is 18.1. The van der Waals surface area contributed by atoms with Crippen LogP contribution in [0.5, 0.6) is 5.75 Å². The highest BCUT2D eigenvalue weighted by molar-refractivity contribution is 5.77. The third-order valence-electron chi connectivity index (χ3n) is 7.24. The molecule has 35 heavy (non-hydrogen) atoms. The maximum absolute atomic E-state index is 13.9. The molecule has 2 aliphatic rings. The highest BCUT2D eigenvalue weighted by atomic mass is 19.1. The van der Waals surface area contributed by atoms with Crippen molar-refractivity contribution in [2.45, 2.75) is 50.8 Å². The fourth-order valence-electron chi connectivity index (χ4n) is 5.20. The molecular weight excluding hydrogens is 447 g/mol. The van der Waals surface area contributed by atoms with E-state index >= 15 is 0 Å². The number of carbonyl (C=O) groups is 1. The molecule has 0 atom stereocenters. The van der Waals surface area contributed by atoms with Gasteiger partial charge in [0.1, 0.15) is 6.10 Å². The van der Waals surface area contributed by atoms with Gasteiger partial charge in [-0.15, -0.1) is 0 Å². The number of carbonyl (C=O) groups excluding carboxylic acids is 1. The summed E-state index contributed by atoms with van der Waals surface area (Å²) in [5, 5.41) is 0.575. The first-order chi connectivity index (χ1) is 17.1. The first-order valence-electron chi connectivity index (χ1n) is 12.5. The quantitative estimate of drug-likeness (QED) is 0.543. The number of aryl methyl sites for hydroxylation is 1. The predicted octanol–water partition coefficient (Wildman–Crippen LogP) is 3.46. The van der Waals surface area contributed by atoms with E-state index in [4.69, 9.17) is 4.74 Å². The highest BCUT2D eigenvalue weighted by Crippen LogP contribution is 2.25. The second-order valence-corrected chi connectivity index (χ2v) is 9.41. The fourth-order valence-corrected chi connectivity index (χ4v) is 5.20. The van der Waals surface area contributed by atoms with Crippen LogP contribution in [0.4, 0.5) is 4.39 Å². The average molecular weight is 479 g/mol. The number of rotatable bonds is 6. The molecule has 7 nitrogen and oxygen atoms in total. The van der Waals surface area contributed by atoms with Crippen LogP contribution in [0.15, 0.2) is 59.7 Å². The molecule has 0 bridgehead atoms. The molecule has 0 N–H and O–H groups in total. The van der Waals surface area contributed by atoms with Gasteiger partial charge in [0, 0.05) is 45.2 Å². The first kappa shape index (κ1) is 23.5. The summed E-state index contributed by atoms with van der Waals surface area (Å²) in [6.45, 7) is 3.66. The van der Waals surface area contributed by atoms with E-state index in [-0.39, 0.29) is 23.4 Å². The Kier molecular flexibility index (Phi) is 7.08. The van der Waals surface area contributed by atoms with Gasteiger partial charge in [0.05, 0.1) is 17.2 Å². The molecule has 0 unspecified atom stereocenters. The van der Waals surface area contributed by atoms with E-state index in [1.165, 1.54) is 17.0 Å². The zero-order valence-corrected chi connectivity index (χ0v) is 19.8. The molecule has 3 heterocycles. The fraction of sp³-hybridized carbons (Fsp3) is 0.444. The number of amides is 1. The second-order valence-electron chi connectivity index (χ2n) is 9.41. The van der Waals surface area contributed by atoms with Crippen LogP contribution in [-0.4, -0.2) is 63.6 Å². The van der Waals surface area contributed by atoms with Gasteiger partial charge in [-0.05, 0) is 49.9 Å². The van der Waals surface area contributed by atoms with Crippen molar-refractivity contribution < 1.29 is 13.9 Å². The Morgan fingerprint density at radius 3 is 2.46 bits per heavy atom. The van der Waals surface area contributed by atoms with E-state index in [1.54, 1.807) is 24.3 Å². The lowest BCUT2D eigenvalue weighted by atomic mass is 9.98. The molecule has 1 aromatic heterocycles. The SMILES string of the molecule is O=C(CCn1cnc2ccccc2c1=O)N1CCC(N2CCC(Oc3ccccc3F)CC2)CC1. The molecule has 2 saturated heterocycles. The number of para-hydroxylation sites is 2. The van der Waals surface area contributed by atoms with E-state index in [2.05, 4.69) is 9.88 Å². The van der Waals surface area contributed by atoms with Crippen LogP contribution in [0.25, 0.3) is 10.9 Å². The van der Waals surface area contributed by atoms with Crippen molar-refractivity contribution in [1.82, 2.24) is 19.4 Å². The number of ether oxygens (including phenoxy) is 1. The van der Waals surface area contributed by atoms with Crippen LogP contribution in [0.1, 0.15) is 32.1 Å². The molecule has 3 aromatic rings. The Balaban J connectivity index is 1.07. The lowest BCUT2D eigenvalue weighted by Crippen LogP contribution is -2.50. The van der Waals surface area contributed by atoms with Gasteiger partial charge in [-0.25, -0.2) is 9.37 Å². The number of fused-ring (bicyclic) bond motifs is 1. The number of hydrogen-bond acceptors (Lipinski definition) is 5. The molecule has 0 aliphatic carbocycles.